The highest BCUT2D eigenvalue weighted by Crippen LogP contribution is 2.26. The van der Waals surface area contributed by atoms with Gasteiger partial charge in [-0.2, -0.15) is 0 Å². The van der Waals surface area contributed by atoms with E-state index >= 15 is 0 Å². The van der Waals surface area contributed by atoms with E-state index in [9.17, 15) is 0 Å². The Balaban J connectivity index is 1.63. The van der Waals surface area contributed by atoms with Crippen molar-refractivity contribution in [2.45, 2.75) is 51.2 Å². The molecule has 116 valence electrons. The molecule has 1 aliphatic heterocycles. The summed E-state index contributed by atoms with van der Waals surface area (Å²) in [7, 11) is 1.80. The lowest BCUT2D eigenvalue weighted by atomic mass is 10.0. The Morgan fingerprint density at radius 1 is 1.29 bits per heavy atom. The number of ether oxygens (including phenoxy) is 1. The summed E-state index contributed by atoms with van der Waals surface area (Å²) in [5.41, 5.74) is 0. The molecule has 2 fully saturated rings. The van der Waals surface area contributed by atoms with E-state index in [1.165, 1.54) is 12.8 Å². The topological polar surface area (TPSA) is 50.3 Å². The maximum atomic E-state index is 5.43. The van der Waals surface area contributed by atoms with Gasteiger partial charge in [0.2, 0.25) is 0 Å². The molecular weight excluding hydrogens is 264 g/mol. The van der Waals surface area contributed by atoms with Crippen LogP contribution in [0.3, 0.4) is 0 Å². The van der Waals surface area contributed by atoms with E-state index in [1.54, 1.807) is 13.4 Å². The van der Waals surface area contributed by atoms with Gasteiger partial charge in [0.1, 0.15) is 18.0 Å². The fraction of sp³-hybridized carbons (Fsp3) is 0.750. The van der Waals surface area contributed by atoms with Crippen molar-refractivity contribution in [3.05, 3.63) is 12.4 Å². The molecule has 0 spiro atoms. The summed E-state index contributed by atoms with van der Waals surface area (Å²) in [6, 6.07) is 2.57. The van der Waals surface area contributed by atoms with E-state index in [2.05, 4.69) is 33.2 Å². The number of nitrogens with zero attached hydrogens (tertiary/aromatic N) is 3. The molecule has 2 aliphatic rings. The van der Waals surface area contributed by atoms with Gasteiger partial charge in [0.05, 0.1) is 6.10 Å². The van der Waals surface area contributed by atoms with Crippen LogP contribution in [-0.4, -0.2) is 42.3 Å². The largest absolute Gasteiger partial charge is 0.381 e. The molecule has 1 N–H and O–H groups in total. The van der Waals surface area contributed by atoms with Crippen LogP contribution in [0, 0.1) is 5.92 Å². The van der Waals surface area contributed by atoms with Crippen LogP contribution in [0.25, 0.3) is 0 Å². The summed E-state index contributed by atoms with van der Waals surface area (Å²) in [5, 5.41) is 3.54. The maximum Gasteiger partial charge on any atom is 0.134 e. The number of hydrogen-bond donors (Lipinski definition) is 1. The van der Waals surface area contributed by atoms with E-state index in [4.69, 9.17) is 4.74 Å². The average Bonchev–Trinajstić information content (AvgIpc) is 2.95. The zero-order valence-electron chi connectivity index (χ0n) is 13.1. The van der Waals surface area contributed by atoms with Crippen LogP contribution in [0.15, 0.2) is 12.4 Å². The Morgan fingerprint density at radius 2 is 2.19 bits per heavy atom. The first-order valence-electron chi connectivity index (χ1n) is 8.11. The van der Waals surface area contributed by atoms with Gasteiger partial charge in [-0.05, 0) is 38.0 Å². The molecule has 0 bridgehead atoms. The van der Waals surface area contributed by atoms with E-state index in [0.717, 1.165) is 49.9 Å². The molecule has 0 aromatic carbocycles. The van der Waals surface area contributed by atoms with Crippen LogP contribution in [0.1, 0.15) is 39.0 Å². The molecule has 0 radical (unpaired) electrons. The summed E-state index contributed by atoms with van der Waals surface area (Å²) in [6.45, 7) is 4.53. The van der Waals surface area contributed by atoms with E-state index in [1.807, 2.05) is 0 Å². The number of rotatable bonds is 4. The number of hydrogen-bond acceptors (Lipinski definition) is 5. The minimum atomic E-state index is 0.395. The first-order valence-corrected chi connectivity index (χ1v) is 8.11. The smallest absolute Gasteiger partial charge is 0.134 e. The molecule has 1 aromatic rings. The fourth-order valence-corrected chi connectivity index (χ4v) is 3.49. The van der Waals surface area contributed by atoms with Crippen LogP contribution in [0.4, 0.5) is 11.6 Å². The first-order chi connectivity index (χ1) is 10.2. The van der Waals surface area contributed by atoms with Crippen LogP contribution in [0.2, 0.25) is 0 Å². The molecule has 1 saturated carbocycles. The number of aromatic nitrogens is 2. The van der Waals surface area contributed by atoms with E-state index in [-0.39, 0.29) is 0 Å². The molecule has 3 atom stereocenters. The summed E-state index contributed by atoms with van der Waals surface area (Å²) in [6.07, 6.45) is 8.01. The van der Waals surface area contributed by atoms with Gasteiger partial charge >= 0.3 is 0 Å². The molecule has 1 saturated heterocycles. The van der Waals surface area contributed by atoms with Crippen molar-refractivity contribution in [3.63, 3.8) is 0 Å². The Labute approximate surface area is 127 Å². The number of anilines is 2. The second-order valence-electron chi connectivity index (χ2n) is 6.47. The highest BCUT2D eigenvalue weighted by atomic mass is 16.5. The van der Waals surface area contributed by atoms with Gasteiger partial charge in [0.15, 0.2) is 0 Å². The SMILES string of the molecule is COC1CCC(Nc2cc(N3CCCC(C)C3)ncn2)C1. The molecule has 0 amide bonds. The van der Waals surface area contributed by atoms with Crippen molar-refractivity contribution in [2.75, 3.05) is 30.4 Å². The molecule has 1 aliphatic carbocycles. The van der Waals surface area contributed by atoms with Gasteiger partial charge in [-0.1, -0.05) is 6.92 Å². The van der Waals surface area contributed by atoms with Crippen molar-refractivity contribution < 1.29 is 4.74 Å². The van der Waals surface area contributed by atoms with Gasteiger partial charge in [0, 0.05) is 32.3 Å². The highest BCUT2D eigenvalue weighted by molar-refractivity contribution is 5.49. The number of piperidine rings is 1. The Morgan fingerprint density at radius 3 is 2.95 bits per heavy atom. The molecule has 2 heterocycles. The van der Waals surface area contributed by atoms with Gasteiger partial charge in [-0.3, -0.25) is 0 Å². The second kappa shape index (κ2) is 6.60. The molecule has 3 unspecified atom stereocenters. The van der Waals surface area contributed by atoms with Gasteiger partial charge in [-0.25, -0.2) is 9.97 Å². The molecule has 1 aromatic heterocycles. The molecule has 21 heavy (non-hydrogen) atoms. The molecule has 5 heteroatoms. The normalized spacial score (nSPS) is 29.6. The van der Waals surface area contributed by atoms with Crippen molar-refractivity contribution in [2.24, 2.45) is 5.92 Å². The average molecular weight is 290 g/mol. The van der Waals surface area contributed by atoms with E-state index < -0.39 is 0 Å². The van der Waals surface area contributed by atoms with Crippen LogP contribution < -0.4 is 10.2 Å². The molecular formula is C16H26N4O. The Bertz CT molecular complexity index is 467. The third-order valence-corrected chi connectivity index (χ3v) is 4.70. The standard InChI is InChI=1S/C16H26N4O/c1-12-4-3-7-20(10-12)16-9-15(17-11-18-16)19-13-5-6-14(8-13)21-2/h9,11-14H,3-8,10H2,1-2H3,(H,17,18,19). The lowest BCUT2D eigenvalue weighted by molar-refractivity contribution is 0.108. The van der Waals surface area contributed by atoms with Gasteiger partial charge < -0.3 is 15.0 Å². The van der Waals surface area contributed by atoms with E-state index in [0.29, 0.717) is 12.1 Å². The quantitative estimate of drug-likeness (QED) is 0.924. The van der Waals surface area contributed by atoms with Crippen molar-refractivity contribution >= 4 is 11.6 Å². The van der Waals surface area contributed by atoms with Crippen molar-refractivity contribution in [3.8, 4) is 0 Å². The zero-order chi connectivity index (χ0) is 14.7. The molecule has 3 rings (SSSR count). The zero-order valence-corrected chi connectivity index (χ0v) is 13.1. The lowest BCUT2D eigenvalue weighted by Gasteiger charge is -2.32. The maximum absolute atomic E-state index is 5.43. The minimum absolute atomic E-state index is 0.395. The lowest BCUT2D eigenvalue weighted by Crippen LogP contribution is -2.34. The molecule has 5 nitrogen and oxygen atoms in total. The summed E-state index contributed by atoms with van der Waals surface area (Å²) < 4.78 is 5.43. The Hall–Kier alpha value is -1.36. The van der Waals surface area contributed by atoms with Crippen molar-refractivity contribution in [1.29, 1.82) is 0 Å². The highest BCUT2D eigenvalue weighted by Gasteiger charge is 2.25. The van der Waals surface area contributed by atoms with Crippen LogP contribution in [-0.2, 0) is 4.74 Å². The summed E-state index contributed by atoms with van der Waals surface area (Å²) >= 11 is 0. The fourth-order valence-electron chi connectivity index (χ4n) is 3.49. The number of nitrogens with one attached hydrogen (secondary N) is 1. The minimum Gasteiger partial charge on any atom is -0.381 e. The summed E-state index contributed by atoms with van der Waals surface area (Å²) in [5.74, 6) is 2.75. The number of methoxy groups -OCH3 is 1. The van der Waals surface area contributed by atoms with Gasteiger partial charge in [-0.15, -0.1) is 0 Å². The predicted molar refractivity (Wildman–Crippen MR) is 84.7 cm³/mol. The van der Waals surface area contributed by atoms with Crippen molar-refractivity contribution in [1.82, 2.24) is 9.97 Å². The second-order valence-corrected chi connectivity index (χ2v) is 6.47. The van der Waals surface area contributed by atoms with Crippen LogP contribution >= 0.6 is 0 Å². The summed E-state index contributed by atoms with van der Waals surface area (Å²) in [4.78, 5) is 11.2. The predicted octanol–water partition coefficient (Wildman–Crippen LogP) is 2.69. The van der Waals surface area contributed by atoms with Gasteiger partial charge in [0.25, 0.3) is 0 Å². The third-order valence-electron chi connectivity index (χ3n) is 4.70. The Kier molecular flexibility index (Phi) is 4.58. The first kappa shape index (κ1) is 14.6. The third kappa shape index (κ3) is 3.64. The van der Waals surface area contributed by atoms with Crippen LogP contribution in [0.5, 0.6) is 0 Å². The monoisotopic (exact) mass is 290 g/mol.